The van der Waals surface area contributed by atoms with Gasteiger partial charge in [-0.1, -0.05) is 6.07 Å². The Kier molecular flexibility index (Phi) is 3.74. The Bertz CT molecular complexity index is 624. The van der Waals surface area contributed by atoms with E-state index in [-0.39, 0.29) is 5.91 Å². The molecule has 2 aromatic rings. The van der Waals surface area contributed by atoms with Gasteiger partial charge in [0.1, 0.15) is 5.82 Å². The van der Waals surface area contributed by atoms with Crippen LogP contribution >= 0.6 is 0 Å². The van der Waals surface area contributed by atoms with Gasteiger partial charge in [-0.25, -0.2) is 4.98 Å². The highest BCUT2D eigenvalue weighted by Gasteiger charge is 2.15. The highest BCUT2D eigenvalue weighted by atomic mass is 16.2. The summed E-state index contributed by atoms with van der Waals surface area (Å²) < 4.78 is 0. The van der Waals surface area contributed by atoms with Crippen LogP contribution in [0.3, 0.4) is 0 Å². The molecular weight excluding hydrogens is 250 g/mol. The smallest absolute Gasteiger partial charge is 0.258 e. The standard InChI is InChI=1S/C16H19N3O/c1-10-5-11(2)7-14(6-10)19(4)16(20)13-8-12(3)18-15(17)9-13/h5-9H,1-4H3,(H2,17,18). The number of hydrogen-bond acceptors (Lipinski definition) is 3. The van der Waals surface area contributed by atoms with Gasteiger partial charge in [-0.05, 0) is 56.2 Å². The van der Waals surface area contributed by atoms with E-state index in [1.54, 1.807) is 24.1 Å². The number of carbonyl (C=O) groups is 1. The summed E-state index contributed by atoms with van der Waals surface area (Å²) in [5.74, 6) is 0.273. The summed E-state index contributed by atoms with van der Waals surface area (Å²) in [6, 6.07) is 9.41. The first kappa shape index (κ1) is 14.1. The van der Waals surface area contributed by atoms with Gasteiger partial charge < -0.3 is 10.6 Å². The van der Waals surface area contributed by atoms with Crippen LogP contribution in [0.5, 0.6) is 0 Å². The molecule has 0 radical (unpaired) electrons. The van der Waals surface area contributed by atoms with Crippen molar-refractivity contribution in [3.8, 4) is 0 Å². The van der Waals surface area contributed by atoms with Gasteiger partial charge in [-0.2, -0.15) is 0 Å². The highest BCUT2D eigenvalue weighted by molar-refractivity contribution is 6.06. The number of rotatable bonds is 2. The van der Waals surface area contributed by atoms with Gasteiger partial charge in [0.05, 0.1) is 0 Å². The summed E-state index contributed by atoms with van der Waals surface area (Å²) in [5.41, 5.74) is 10.1. The lowest BCUT2D eigenvalue weighted by molar-refractivity contribution is 0.0993. The third kappa shape index (κ3) is 2.96. The van der Waals surface area contributed by atoms with E-state index in [0.717, 1.165) is 22.5 Å². The van der Waals surface area contributed by atoms with E-state index in [2.05, 4.69) is 11.1 Å². The molecule has 0 bridgehead atoms. The van der Waals surface area contributed by atoms with Crippen LogP contribution in [-0.4, -0.2) is 17.9 Å². The van der Waals surface area contributed by atoms with E-state index in [0.29, 0.717) is 11.4 Å². The van der Waals surface area contributed by atoms with Crippen LogP contribution in [0.2, 0.25) is 0 Å². The molecule has 0 fully saturated rings. The SMILES string of the molecule is Cc1cc(C)cc(N(C)C(=O)c2cc(C)nc(N)c2)c1. The van der Waals surface area contributed by atoms with Gasteiger partial charge in [-0.15, -0.1) is 0 Å². The van der Waals surface area contributed by atoms with E-state index in [4.69, 9.17) is 5.73 Å². The molecule has 0 saturated heterocycles. The molecule has 0 unspecified atom stereocenters. The summed E-state index contributed by atoms with van der Waals surface area (Å²) in [4.78, 5) is 18.2. The molecule has 0 aliphatic rings. The van der Waals surface area contributed by atoms with Crippen LogP contribution in [0.4, 0.5) is 11.5 Å². The van der Waals surface area contributed by atoms with Crippen molar-refractivity contribution in [2.75, 3.05) is 17.7 Å². The molecule has 0 atom stereocenters. The second kappa shape index (κ2) is 5.33. The predicted molar refractivity (Wildman–Crippen MR) is 82.0 cm³/mol. The molecule has 0 saturated carbocycles. The van der Waals surface area contributed by atoms with E-state index >= 15 is 0 Å². The van der Waals surface area contributed by atoms with Gasteiger partial charge in [-0.3, -0.25) is 4.79 Å². The van der Waals surface area contributed by atoms with E-state index in [1.165, 1.54) is 0 Å². The third-order valence-electron chi connectivity index (χ3n) is 3.12. The molecule has 0 spiro atoms. The van der Waals surface area contributed by atoms with Crippen molar-refractivity contribution in [2.45, 2.75) is 20.8 Å². The maximum Gasteiger partial charge on any atom is 0.258 e. The Labute approximate surface area is 119 Å². The minimum absolute atomic E-state index is 0.0906. The van der Waals surface area contributed by atoms with E-state index < -0.39 is 0 Å². The second-order valence-electron chi connectivity index (χ2n) is 5.13. The van der Waals surface area contributed by atoms with Crippen LogP contribution in [0.25, 0.3) is 0 Å². The number of nitrogen functional groups attached to an aromatic ring is 1. The summed E-state index contributed by atoms with van der Waals surface area (Å²) in [6.07, 6.45) is 0. The number of benzene rings is 1. The van der Waals surface area contributed by atoms with Gasteiger partial charge >= 0.3 is 0 Å². The molecule has 20 heavy (non-hydrogen) atoms. The molecule has 4 nitrogen and oxygen atoms in total. The van der Waals surface area contributed by atoms with Crippen molar-refractivity contribution in [3.63, 3.8) is 0 Å². The van der Waals surface area contributed by atoms with Crippen molar-refractivity contribution in [1.82, 2.24) is 4.98 Å². The van der Waals surface area contributed by atoms with E-state index in [9.17, 15) is 4.79 Å². The van der Waals surface area contributed by atoms with Crippen LogP contribution in [-0.2, 0) is 0 Å². The summed E-state index contributed by atoms with van der Waals surface area (Å²) in [6.45, 7) is 5.86. The molecule has 2 N–H and O–H groups in total. The number of amides is 1. The fourth-order valence-corrected chi connectivity index (χ4v) is 2.27. The summed E-state index contributed by atoms with van der Waals surface area (Å²) in [7, 11) is 1.77. The van der Waals surface area contributed by atoms with Crippen molar-refractivity contribution < 1.29 is 4.79 Å². The Morgan fingerprint density at radius 3 is 2.20 bits per heavy atom. The van der Waals surface area contributed by atoms with Crippen LogP contribution in [0.15, 0.2) is 30.3 Å². The van der Waals surface area contributed by atoms with Crippen molar-refractivity contribution in [2.24, 2.45) is 0 Å². The Balaban J connectivity index is 2.36. The molecule has 1 aromatic carbocycles. The highest BCUT2D eigenvalue weighted by Crippen LogP contribution is 2.20. The molecule has 2 rings (SSSR count). The maximum absolute atomic E-state index is 12.5. The zero-order chi connectivity index (χ0) is 14.9. The molecule has 1 heterocycles. The minimum atomic E-state index is -0.0906. The number of hydrogen-bond donors (Lipinski definition) is 1. The topological polar surface area (TPSA) is 59.2 Å². The number of aryl methyl sites for hydroxylation is 3. The van der Waals surface area contributed by atoms with E-state index in [1.807, 2.05) is 32.9 Å². The lowest BCUT2D eigenvalue weighted by Crippen LogP contribution is -2.26. The van der Waals surface area contributed by atoms with Crippen molar-refractivity contribution in [3.05, 3.63) is 52.7 Å². The first-order valence-corrected chi connectivity index (χ1v) is 6.47. The Morgan fingerprint density at radius 1 is 1.05 bits per heavy atom. The largest absolute Gasteiger partial charge is 0.384 e. The average Bonchev–Trinajstić information content (AvgIpc) is 2.34. The summed E-state index contributed by atoms with van der Waals surface area (Å²) >= 11 is 0. The molecule has 1 amide bonds. The van der Waals surface area contributed by atoms with Gasteiger partial charge in [0.15, 0.2) is 0 Å². The first-order chi connectivity index (χ1) is 9.36. The summed E-state index contributed by atoms with van der Waals surface area (Å²) in [5, 5.41) is 0. The first-order valence-electron chi connectivity index (χ1n) is 6.47. The van der Waals surface area contributed by atoms with Crippen LogP contribution in [0.1, 0.15) is 27.2 Å². The quantitative estimate of drug-likeness (QED) is 0.912. The van der Waals surface area contributed by atoms with Gasteiger partial charge in [0.25, 0.3) is 5.91 Å². The predicted octanol–water partition coefficient (Wildman–Crippen LogP) is 2.87. The zero-order valence-corrected chi connectivity index (χ0v) is 12.3. The average molecular weight is 269 g/mol. The number of nitrogens with zero attached hydrogens (tertiary/aromatic N) is 2. The number of anilines is 2. The van der Waals surface area contributed by atoms with Crippen molar-refractivity contribution in [1.29, 1.82) is 0 Å². The number of pyridine rings is 1. The maximum atomic E-state index is 12.5. The molecule has 0 aliphatic heterocycles. The number of nitrogens with two attached hydrogens (primary N) is 1. The molecule has 104 valence electrons. The van der Waals surface area contributed by atoms with Crippen molar-refractivity contribution >= 4 is 17.4 Å². The third-order valence-corrected chi connectivity index (χ3v) is 3.12. The molecule has 0 aliphatic carbocycles. The Morgan fingerprint density at radius 2 is 1.65 bits per heavy atom. The normalized spacial score (nSPS) is 10.4. The fourth-order valence-electron chi connectivity index (χ4n) is 2.27. The molecule has 1 aromatic heterocycles. The lowest BCUT2D eigenvalue weighted by atomic mass is 10.1. The molecular formula is C16H19N3O. The Hall–Kier alpha value is -2.36. The van der Waals surface area contributed by atoms with Crippen LogP contribution in [0, 0.1) is 20.8 Å². The number of aromatic nitrogens is 1. The lowest BCUT2D eigenvalue weighted by Gasteiger charge is -2.19. The molecule has 4 heteroatoms. The monoisotopic (exact) mass is 269 g/mol. The van der Waals surface area contributed by atoms with Crippen LogP contribution < -0.4 is 10.6 Å². The second-order valence-corrected chi connectivity index (χ2v) is 5.13. The fraction of sp³-hybridized carbons (Fsp3) is 0.250. The number of carbonyl (C=O) groups excluding carboxylic acids is 1. The van der Waals surface area contributed by atoms with Gasteiger partial charge in [0.2, 0.25) is 0 Å². The minimum Gasteiger partial charge on any atom is -0.384 e. The van der Waals surface area contributed by atoms with Gasteiger partial charge in [0, 0.05) is 24.0 Å². The zero-order valence-electron chi connectivity index (χ0n) is 12.3.